The smallest absolute Gasteiger partial charge is 0.126 e. The van der Waals surface area contributed by atoms with Crippen LogP contribution in [-0.2, 0) is 0 Å². The summed E-state index contributed by atoms with van der Waals surface area (Å²) in [6, 6.07) is 3.36. The predicted molar refractivity (Wildman–Crippen MR) is 53.4 cm³/mol. The van der Waals surface area contributed by atoms with Crippen LogP contribution in [-0.4, -0.2) is 6.61 Å². The highest BCUT2D eigenvalue weighted by molar-refractivity contribution is 5.51. The molecule has 0 aromatic heterocycles. The number of hydrogen-bond acceptors (Lipinski definition) is 1. The Bertz CT molecular complexity index is 353. The SMILES string of the molecule is Cc1[c]c(C)c2c(C)c1OCC2C. The van der Waals surface area contributed by atoms with Crippen LogP contribution in [0.5, 0.6) is 5.75 Å². The zero-order valence-corrected chi connectivity index (χ0v) is 8.69. The highest BCUT2D eigenvalue weighted by Gasteiger charge is 2.22. The van der Waals surface area contributed by atoms with E-state index in [4.69, 9.17) is 4.74 Å². The molecule has 1 unspecified atom stereocenters. The molecule has 13 heavy (non-hydrogen) atoms. The van der Waals surface area contributed by atoms with Crippen molar-refractivity contribution in [1.82, 2.24) is 0 Å². The fraction of sp³-hybridized carbons (Fsp3) is 0.500. The van der Waals surface area contributed by atoms with Crippen LogP contribution in [0.25, 0.3) is 0 Å². The summed E-state index contributed by atoms with van der Waals surface area (Å²) in [4.78, 5) is 0. The lowest BCUT2D eigenvalue weighted by atomic mass is 9.88. The Kier molecular flexibility index (Phi) is 1.83. The molecule has 0 amide bonds. The van der Waals surface area contributed by atoms with Gasteiger partial charge >= 0.3 is 0 Å². The van der Waals surface area contributed by atoms with E-state index in [2.05, 4.69) is 33.8 Å². The zero-order valence-electron chi connectivity index (χ0n) is 8.69. The summed E-state index contributed by atoms with van der Waals surface area (Å²) < 4.78 is 5.68. The average molecular weight is 175 g/mol. The Hall–Kier alpha value is -0.980. The van der Waals surface area contributed by atoms with Crippen molar-refractivity contribution in [2.24, 2.45) is 0 Å². The standard InChI is InChI=1S/C12H15O/c1-7-5-8(2)12-10(4)11(7)9(3)6-13-12/h9H,6H2,1-4H3. The van der Waals surface area contributed by atoms with Crippen molar-refractivity contribution in [3.05, 3.63) is 28.3 Å². The van der Waals surface area contributed by atoms with Crippen molar-refractivity contribution in [3.8, 4) is 5.75 Å². The van der Waals surface area contributed by atoms with Crippen LogP contribution in [0.15, 0.2) is 0 Å². The van der Waals surface area contributed by atoms with Crippen LogP contribution >= 0.6 is 0 Å². The van der Waals surface area contributed by atoms with Gasteiger partial charge in [-0.05, 0) is 49.1 Å². The van der Waals surface area contributed by atoms with Crippen LogP contribution in [0.4, 0.5) is 0 Å². The van der Waals surface area contributed by atoms with Crippen molar-refractivity contribution in [1.29, 1.82) is 0 Å². The lowest BCUT2D eigenvalue weighted by molar-refractivity contribution is 0.276. The van der Waals surface area contributed by atoms with Gasteiger partial charge < -0.3 is 4.74 Å². The Morgan fingerprint density at radius 3 is 2.62 bits per heavy atom. The highest BCUT2D eigenvalue weighted by atomic mass is 16.5. The Morgan fingerprint density at radius 1 is 1.23 bits per heavy atom. The Labute approximate surface area is 79.7 Å². The minimum Gasteiger partial charge on any atom is -0.492 e. The van der Waals surface area contributed by atoms with Gasteiger partial charge in [0.2, 0.25) is 0 Å². The van der Waals surface area contributed by atoms with Gasteiger partial charge in [0.05, 0.1) is 6.61 Å². The quantitative estimate of drug-likeness (QED) is 0.589. The predicted octanol–water partition coefficient (Wildman–Crippen LogP) is 2.91. The molecule has 1 nitrogen and oxygen atoms in total. The molecule has 1 aliphatic rings. The first-order valence-electron chi connectivity index (χ1n) is 4.77. The van der Waals surface area contributed by atoms with Crippen molar-refractivity contribution in [2.75, 3.05) is 6.61 Å². The maximum absolute atomic E-state index is 5.68. The summed E-state index contributed by atoms with van der Waals surface area (Å²) in [5.41, 5.74) is 5.18. The number of aryl methyl sites for hydroxylation is 2. The first-order chi connectivity index (χ1) is 6.11. The third kappa shape index (κ3) is 1.14. The summed E-state index contributed by atoms with van der Waals surface area (Å²) in [6.07, 6.45) is 0. The number of hydrogen-bond donors (Lipinski definition) is 0. The molecule has 1 atom stereocenters. The van der Waals surface area contributed by atoms with Crippen LogP contribution < -0.4 is 4.74 Å². The Balaban J connectivity index is 2.72. The lowest BCUT2D eigenvalue weighted by Gasteiger charge is -2.27. The van der Waals surface area contributed by atoms with E-state index in [1.807, 2.05) is 0 Å². The molecule has 1 radical (unpaired) electrons. The van der Waals surface area contributed by atoms with Crippen LogP contribution in [0, 0.1) is 26.8 Å². The Morgan fingerprint density at radius 2 is 1.92 bits per heavy atom. The van der Waals surface area contributed by atoms with Crippen molar-refractivity contribution < 1.29 is 4.74 Å². The average Bonchev–Trinajstić information content (AvgIpc) is 2.01. The maximum atomic E-state index is 5.68. The summed E-state index contributed by atoms with van der Waals surface area (Å²) >= 11 is 0. The minimum atomic E-state index is 0.518. The molecule has 1 heterocycles. The van der Waals surface area contributed by atoms with E-state index in [0.717, 1.165) is 17.9 Å². The number of benzene rings is 1. The molecule has 0 saturated heterocycles. The van der Waals surface area contributed by atoms with E-state index >= 15 is 0 Å². The molecule has 2 rings (SSSR count). The van der Waals surface area contributed by atoms with E-state index in [1.165, 1.54) is 16.7 Å². The normalized spacial score (nSPS) is 19.8. The first kappa shape index (κ1) is 8.61. The second-order valence-corrected chi connectivity index (χ2v) is 3.95. The minimum absolute atomic E-state index is 0.518. The third-order valence-corrected chi connectivity index (χ3v) is 2.83. The van der Waals surface area contributed by atoms with E-state index < -0.39 is 0 Å². The zero-order chi connectivity index (χ0) is 9.59. The van der Waals surface area contributed by atoms with Gasteiger partial charge in [0.1, 0.15) is 5.75 Å². The fourth-order valence-corrected chi connectivity index (χ4v) is 2.34. The number of fused-ring (bicyclic) bond motifs is 2. The molecule has 1 heteroatoms. The van der Waals surface area contributed by atoms with Crippen LogP contribution in [0.3, 0.4) is 0 Å². The molecule has 0 saturated carbocycles. The monoisotopic (exact) mass is 175 g/mol. The summed E-state index contributed by atoms with van der Waals surface area (Å²) in [7, 11) is 0. The molecule has 1 aromatic carbocycles. The molecular weight excluding hydrogens is 160 g/mol. The largest absolute Gasteiger partial charge is 0.492 e. The molecule has 0 aliphatic carbocycles. The summed E-state index contributed by atoms with van der Waals surface area (Å²) in [5.74, 6) is 1.57. The number of rotatable bonds is 0. The first-order valence-corrected chi connectivity index (χ1v) is 4.77. The van der Waals surface area contributed by atoms with Gasteiger partial charge in [0, 0.05) is 5.92 Å². The fourth-order valence-electron chi connectivity index (χ4n) is 2.34. The molecule has 1 aromatic rings. The molecular formula is C12H15O. The van der Waals surface area contributed by atoms with Crippen molar-refractivity contribution in [3.63, 3.8) is 0 Å². The highest BCUT2D eigenvalue weighted by Crippen LogP contribution is 2.37. The molecule has 69 valence electrons. The second kappa shape index (κ2) is 2.76. The van der Waals surface area contributed by atoms with Gasteiger partial charge in [-0.1, -0.05) is 6.92 Å². The molecule has 2 bridgehead atoms. The van der Waals surface area contributed by atoms with Gasteiger partial charge in [-0.3, -0.25) is 0 Å². The van der Waals surface area contributed by atoms with Gasteiger partial charge in [-0.25, -0.2) is 0 Å². The maximum Gasteiger partial charge on any atom is 0.126 e. The van der Waals surface area contributed by atoms with Crippen LogP contribution in [0.2, 0.25) is 0 Å². The van der Waals surface area contributed by atoms with Gasteiger partial charge in [0.15, 0.2) is 0 Å². The molecule has 0 fully saturated rings. The van der Waals surface area contributed by atoms with E-state index in [9.17, 15) is 0 Å². The third-order valence-electron chi connectivity index (χ3n) is 2.83. The van der Waals surface area contributed by atoms with Gasteiger partial charge in [0.25, 0.3) is 0 Å². The number of ether oxygens (including phenoxy) is 1. The lowest BCUT2D eigenvalue weighted by Crippen LogP contribution is -2.17. The van der Waals surface area contributed by atoms with Crippen molar-refractivity contribution in [2.45, 2.75) is 33.6 Å². The summed E-state index contributed by atoms with van der Waals surface area (Å²) in [6.45, 7) is 9.38. The van der Waals surface area contributed by atoms with Crippen molar-refractivity contribution >= 4 is 0 Å². The second-order valence-electron chi connectivity index (χ2n) is 3.95. The van der Waals surface area contributed by atoms with Gasteiger partial charge in [-0.15, -0.1) is 0 Å². The van der Waals surface area contributed by atoms with E-state index in [1.54, 1.807) is 0 Å². The van der Waals surface area contributed by atoms with E-state index in [-0.39, 0.29) is 0 Å². The summed E-state index contributed by atoms with van der Waals surface area (Å²) in [5, 5.41) is 0. The van der Waals surface area contributed by atoms with Crippen LogP contribution in [0.1, 0.15) is 35.1 Å². The molecule has 1 aliphatic heterocycles. The van der Waals surface area contributed by atoms with Gasteiger partial charge in [-0.2, -0.15) is 0 Å². The molecule has 0 spiro atoms. The topological polar surface area (TPSA) is 9.23 Å². The van der Waals surface area contributed by atoms with E-state index in [0.29, 0.717) is 5.92 Å². The molecule has 0 N–H and O–H groups in total.